The molecule has 10 heteroatoms. The van der Waals surface area contributed by atoms with Crippen molar-refractivity contribution in [2.24, 2.45) is 0 Å². The maximum absolute atomic E-state index is 13.9. The number of likely N-dealkylation sites (tertiary alicyclic amines) is 1. The molecule has 8 nitrogen and oxygen atoms in total. The first-order valence-electron chi connectivity index (χ1n) is 14.1. The average molecular weight is 640 g/mol. The van der Waals surface area contributed by atoms with Crippen molar-refractivity contribution in [3.05, 3.63) is 82.1 Å². The van der Waals surface area contributed by atoms with Crippen molar-refractivity contribution >= 4 is 62.9 Å². The van der Waals surface area contributed by atoms with Crippen LogP contribution in [0.2, 0.25) is 0 Å². The topological polar surface area (TPSA) is 96.7 Å². The van der Waals surface area contributed by atoms with Gasteiger partial charge in [0.05, 0.1) is 21.3 Å². The number of rotatable bonds is 8. The summed E-state index contributed by atoms with van der Waals surface area (Å²) in [5, 5.41) is 2.00. The van der Waals surface area contributed by atoms with Crippen molar-refractivity contribution in [1.82, 2.24) is 14.9 Å². The van der Waals surface area contributed by atoms with E-state index in [1.807, 2.05) is 60.9 Å². The first-order chi connectivity index (χ1) is 20.8. The zero-order valence-corrected chi connectivity index (χ0v) is 25.8. The van der Waals surface area contributed by atoms with Gasteiger partial charge in [0.15, 0.2) is 11.5 Å². The molecule has 3 heterocycles. The molecular weight excluding hydrogens is 609 g/mol. The van der Waals surface area contributed by atoms with Crippen molar-refractivity contribution in [2.45, 2.75) is 31.1 Å². The van der Waals surface area contributed by atoms with Gasteiger partial charge in [0.1, 0.15) is 7.85 Å². The third-order valence-electron chi connectivity index (χ3n) is 8.42. The van der Waals surface area contributed by atoms with E-state index in [2.05, 4.69) is 25.9 Å². The van der Waals surface area contributed by atoms with Crippen LogP contribution in [0.4, 0.5) is 0 Å². The van der Waals surface area contributed by atoms with Crippen LogP contribution < -0.4 is 19.7 Å². The fourth-order valence-corrected chi connectivity index (χ4v) is 6.62. The minimum Gasteiger partial charge on any atom is -0.493 e. The molecule has 1 aliphatic heterocycles. The predicted molar refractivity (Wildman–Crippen MR) is 171 cm³/mol. The molecule has 6 rings (SSSR count). The van der Waals surface area contributed by atoms with E-state index in [0.717, 1.165) is 43.0 Å². The van der Waals surface area contributed by atoms with Gasteiger partial charge in [0.25, 0.3) is 0 Å². The number of fused-ring (bicyclic) bond motifs is 2. The zero-order chi connectivity index (χ0) is 30.2. The summed E-state index contributed by atoms with van der Waals surface area (Å²) in [6, 6.07) is 15.5. The van der Waals surface area contributed by atoms with Gasteiger partial charge in [-0.25, -0.2) is 0 Å². The van der Waals surface area contributed by atoms with Crippen molar-refractivity contribution in [3.63, 3.8) is 0 Å². The van der Waals surface area contributed by atoms with E-state index >= 15 is 0 Å². The third kappa shape index (κ3) is 5.40. The molecule has 3 aromatic carbocycles. The highest BCUT2D eigenvalue weighted by Crippen LogP contribution is 2.44. The molecule has 0 aliphatic carbocycles. The van der Waals surface area contributed by atoms with Gasteiger partial charge in [-0.05, 0) is 65.4 Å². The number of aromatic nitrogens is 2. The van der Waals surface area contributed by atoms with Gasteiger partial charge in [-0.15, -0.1) is 0 Å². The lowest BCUT2D eigenvalue weighted by Gasteiger charge is -2.31. The van der Waals surface area contributed by atoms with Crippen molar-refractivity contribution in [1.29, 1.82) is 0 Å². The first-order valence-corrected chi connectivity index (χ1v) is 14.9. The lowest BCUT2D eigenvalue weighted by molar-refractivity contribution is -0.147. The Kier molecular flexibility index (Phi) is 7.96. The lowest BCUT2D eigenvalue weighted by Crippen LogP contribution is -2.42. The molecule has 0 spiro atoms. The Morgan fingerprint density at radius 1 is 0.977 bits per heavy atom. The van der Waals surface area contributed by atoms with Crippen LogP contribution in [-0.2, 0) is 9.59 Å². The second-order valence-corrected chi connectivity index (χ2v) is 11.7. The molecule has 0 bridgehead atoms. The average Bonchev–Trinajstić information content (AvgIpc) is 3.62. The monoisotopic (exact) mass is 639 g/mol. The van der Waals surface area contributed by atoms with E-state index in [0.29, 0.717) is 35.7 Å². The van der Waals surface area contributed by atoms with E-state index in [4.69, 9.17) is 22.1 Å². The van der Waals surface area contributed by atoms with E-state index < -0.39 is 5.92 Å². The second-order valence-electron chi connectivity index (χ2n) is 10.8. The van der Waals surface area contributed by atoms with Crippen LogP contribution in [0.3, 0.4) is 0 Å². The summed E-state index contributed by atoms with van der Waals surface area (Å²) in [6.45, 7) is 0.346. The number of ether oxygens (including phenoxy) is 3. The molecular formula is C33H31BBrN3O5. The van der Waals surface area contributed by atoms with Crippen LogP contribution in [0, 0.1) is 0 Å². The number of methoxy groups -OCH3 is 3. The second kappa shape index (κ2) is 11.8. The number of halogens is 1. The van der Waals surface area contributed by atoms with Crippen LogP contribution in [0.25, 0.3) is 21.8 Å². The van der Waals surface area contributed by atoms with Crippen molar-refractivity contribution in [2.75, 3.05) is 27.9 Å². The Balaban J connectivity index is 1.32. The predicted octanol–water partition coefficient (Wildman–Crippen LogP) is 5.69. The highest BCUT2D eigenvalue weighted by atomic mass is 79.9. The number of hydrogen-bond donors (Lipinski definition) is 2. The molecule has 2 amide bonds. The van der Waals surface area contributed by atoms with E-state index in [1.165, 1.54) is 4.90 Å². The molecule has 2 atom stereocenters. The van der Waals surface area contributed by atoms with Gasteiger partial charge in [-0.3, -0.25) is 14.5 Å². The Morgan fingerprint density at radius 2 is 1.67 bits per heavy atom. The third-order valence-corrected chi connectivity index (χ3v) is 8.91. The van der Waals surface area contributed by atoms with Gasteiger partial charge in [0.2, 0.25) is 17.6 Å². The summed E-state index contributed by atoms with van der Waals surface area (Å²) in [5.74, 6) is 0.657. The molecule has 2 aromatic heterocycles. The van der Waals surface area contributed by atoms with E-state index in [-0.39, 0.29) is 30.6 Å². The molecule has 2 N–H and O–H groups in total. The molecule has 2 unspecified atom stereocenters. The summed E-state index contributed by atoms with van der Waals surface area (Å²) in [4.78, 5) is 35.5. The Hall–Kier alpha value is -4.18. The summed E-state index contributed by atoms with van der Waals surface area (Å²) < 4.78 is 17.7. The number of nitrogens with one attached hydrogen (secondary N) is 2. The number of aromatic amines is 2. The number of imide groups is 1. The van der Waals surface area contributed by atoms with Crippen LogP contribution in [0.1, 0.15) is 47.8 Å². The number of piperidine rings is 1. The number of benzene rings is 3. The maximum atomic E-state index is 13.9. The maximum Gasteiger partial charge on any atom is 0.230 e. The Morgan fingerprint density at radius 3 is 2.37 bits per heavy atom. The standard InChI is InChI=1S/C33H31BBrN3O5/c1-41-29-10-19(11-30(42-2)33(29)43-3)22(26-17-37-28-7-5-21(35)14-24(26)28)15-32(40)38-9-8-18(12-31(38)39)25-16-36-27-6-4-20(34)13-23(25)27/h4-7,10-11,13-14,16-18,22,36-37H,8-9,12,15H2,1-3H3. The van der Waals surface area contributed by atoms with Crippen LogP contribution in [-0.4, -0.2) is 62.4 Å². The van der Waals surface area contributed by atoms with Crippen LogP contribution in [0.15, 0.2) is 65.4 Å². The lowest BCUT2D eigenvalue weighted by atomic mass is 9.85. The first kappa shape index (κ1) is 28.9. The zero-order valence-electron chi connectivity index (χ0n) is 24.2. The molecule has 1 fully saturated rings. The normalized spacial score (nSPS) is 16.0. The molecule has 5 aromatic rings. The quantitative estimate of drug-likeness (QED) is 0.213. The minimum atomic E-state index is -0.397. The Labute approximate surface area is 259 Å². The fraction of sp³-hybridized carbons (Fsp3) is 0.273. The Bertz CT molecular complexity index is 1820. The number of carbonyl (C=O) groups excluding carboxylic acids is 2. The highest BCUT2D eigenvalue weighted by Gasteiger charge is 2.34. The summed E-state index contributed by atoms with van der Waals surface area (Å²) in [7, 11) is 10.7. The number of nitrogens with zero attached hydrogens (tertiary/aromatic N) is 1. The molecule has 2 radical (unpaired) electrons. The van der Waals surface area contributed by atoms with E-state index in [1.54, 1.807) is 21.3 Å². The van der Waals surface area contributed by atoms with Gasteiger partial charge in [-0.2, -0.15) is 0 Å². The largest absolute Gasteiger partial charge is 0.493 e. The fourth-order valence-electron chi connectivity index (χ4n) is 6.26. The van der Waals surface area contributed by atoms with E-state index in [9.17, 15) is 9.59 Å². The molecule has 218 valence electrons. The summed E-state index contributed by atoms with van der Waals surface area (Å²) >= 11 is 3.58. The molecule has 1 saturated heterocycles. The van der Waals surface area contributed by atoms with Gasteiger partial charge in [0, 0.05) is 64.0 Å². The van der Waals surface area contributed by atoms with Gasteiger partial charge >= 0.3 is 0 Å². The number of H-pyrrole nitrogens is 2. The number of carbonyl (C=O) groups is 2. The molecule has 43 heavy (non-hydrogen) atoms. The SMILES string of the molecule is [B]c1ccc2[nH]cc(C3CCN(C(=O)CC(c4cc(OC)c(OC)c(OC)c4)c4c[nH]c5ccc(Br)cc45)C(=O)C3)c2c1. The summed E-state index contributed by atoms with van der Waals surface area (Å²) in [5.41, 5.74) is 5.39. The minimum absolute atomic E-state index is 0.00368. The summed E-state index contributed by atoms with van der Waals surface area (Å²) in [6.07, 6.45) is 4.89. The van der Waals surface area contributed by atoms with Crippen LogP contribution in [0.5, 0.6) is 17.2 Å². The van der Waals surface area contributed by atoms with Crippen LogP contribution >= 0.6 is 15.9 Å². The van der Waals surface area contributed by atoms with Gasteiger partial charge in [-0.1, -0.05) is 33.5 Å². The molecule has 1 aliphatic rings. The highest BCUT2D eigenvalue weighted by molar-refractivity contribution is 9.10. The van der Waals surface area contributed by atoms with Crippen molar-refractivity contribution < 1.29 is 23.8 Å². The molecule has 0 saturated carbocycles. The number of hydrogen-bond acceptors (Lipinski definition) is 5. The van der Waals surface area contributed by atoms with Gasteiger partial charge < -0.3 is 24.2 Å². The smallest absolute Gasteiger partial charge is 0.230 e. The van der Waals surface area contributed by atoms with Crippen molar-refractivity contribution in [3.8, 4) is 17.2 Å². The number of amides is 2.